The number of rotatable bonds is 9. The maximum Gasteiger partial charge on any atom is 0.416 e. The lowest BCUT2D eigenvalue weighted by Crippen LogP contribution is -2.40. The van der Waals surface area contributed by atoms with Crippen LogP contribution in [0, 0.1) is 0 Å². The predicted molar refractivity (Wildman–Crippen MR) is 93.6 cm³/mol. The number of aliphatic imine (C=N–C) groups is 1. The summed E-state index contributed by atoms with van der Waals surface area (Å²) in [6, 6.07) is 5.10. The summed E-state index contributed by atoms with van der Waals surface area (Å²) in [5, 5.41) is 6.27. The van der Waals surface area contributed by atoms with E-state index in [1.807, 2.05) is 7.05 Å². The van der Waals surface area contributed by atoms with E-state index in [9.17, 15) is 13.2 Å². The van der Waals surface area contributed by atoms with Gasteiger partial charge in [0.05, 0.1) is 5.56 Å². The van der Waals surface area contributed by atoms with Crippen LogP contribution in [0.2, 0.25) is 0 Å². The SMILES string of the molecule is CN=C(NCCN(C)CCCOC)NCc1ccc(C(F)(F)F)cc1. The number of halogens is 3. The fourth-order valence-electron chi connectivity index (χ4n) is 2.17. The molecule has 0 saturated carbocycles. The van der Waals surface area contributed by atoms with Gasteiger partial charge in [-0.3, -0.25) is 4.99 Å². The van der Waals surface area contributed by atoms with Crippen molar-refractivity contribution in [2.24, 2.45) is 4.99 Å². The highest BCUT2D eigenvalue weighted by Gasteiger charge is 2.29. The molecular weight excluding hydrogens is 333 g/mol. The molecular formula is C17H27F3N4O. The molecule has 0 aliphatic heterocycles. The number of guanidine groups is 1. The highest BCUT2D eigenvalue weighted by molar-refractivity contribution is 5.79. The van der Waals surface area contributed by atoms with Crippen molar-refractivity contribution < 1.29 is 17.9 Å². The molecule has 0 aliphatic rings. The van der Waals surface area contributed by atoms with E-state index in [0.29, 0.717) is 12.5 Å². The van der Waals surface area contributed by atoms with Gasteiger partial charge in [-0.2, -0.15) is 13.2 Å². The number of hydrogen-bond acceptors (Lipinski definition) is 3. The summed E-state index contributed by atoms with van der Waals surface area (Å²) in [4.78, 5) is 6.30. The fraction of sp³-hybridized carbons (Fsp3) is 0.588. The zero-order valence-corrected chi connectivity index (χ0v) is 15.0. The first-order chi connectivity index (χ1) is 11.9. The van der Waals surface area contributed by atoms with Gasteiger partial charge in [-0.05, 0) is 31.2 Å². The monoisotopic (exact) mass is 360 g/mol. The van der Waals surface area contributed by atoms with E-state index in [0.717, 1.165) is 50.4 Å². The number of benzene rings is 1. The van der Waals surface area contributed by atoms with Crippen LogP contribution in [0.15, 0.2) is 29.3 Å². The molecule has 2 N–H and O–H groups in total. The molecule has 0 aromatic heterocycles. The lowest BCUT2D eigenvalue weighted by atomic mass is 10.1. The first-order valence-electron chi connectivity index (χ1n) is 8.15. The molecule has 0 radical (unpaired) electrons. The first kappa shape index (κ1) is 21.2. The van der Waals surface area contributed by atoms with E-state index in [1.54, 1.807) is 14.2 Å². The number of ether oxygens (including phenoxy) is 1. The molecule has 0 saturated heterocycles. The molecule has 1 rings (SSSR count). The van der Waals surface area contributed by atoms with Gasteiger partial charge >= 0.3 is 6.18 Å². The molecule has 0 fully saturated rings. The molecule has 0 unspecified atom stereocenters. The lowest BCUT2D eigenvalue weighted by Gasteiger charge is -2.18. The van der Waals surface area contributed by atoms with E-state index < -0.39 is 11.7 Å². The standard InChI is InChI=1S/C17H27F3N4O/c1-21-16(22-9-11-24(2)10-4-12-25-3)23-13-14-5-7-15(8-6-14)17(18,19)20/h5-8H,4,9-13H2,1-3H3,(H2,21,22,23). The Morgan fingerprint density at radius 1 is 1.16 bits per heavy atom. The Morgan fingerprint density at radius 3 is 2.40 bits per heavy atom. The molecule has 1 aromatic carbocycles. The van der Waals surface area contributed by atoms with Gasteiger partial charge in [0.1, 0.15) is 0 Å². The Bertz CT molecular complexity index is 518. The van der Waals surface area contributed by atoms with E-state index in [-0.39, 0.29) is 0 Å². The quantitative estimate of drug-likeness (QED) is 0.403. The number of likely N-dealkylation sites (N-methyl/N-ethyl adjacent to an activating group) is 1. The van der Waals surface area contributed by atoms with Crippen molar-refractivity contribution in [3.8, 4) is 0 Å². The van der Waals surface area contributed by atoms with Crippen LogP contribution >= 0.6 is 0 Å². The summed E-state index contributed by atoms with van der Waals surface area (Å²) >= 11 is 0. The van der Waals surface area contributed by atoms with Crippen LogP contribution in [0.1, 0.15) is 17.5 Å². The van der Waals surface area contributed by atoms with E-state index in [2.05, 4.69) is 20.5 Å². The van der Waals surface area contributed by atoms with Crippen molar-refractivity contribution in [1.82, 2.24) is 15.5 Å². The van der Waals surface area contributed by atoms with E-state index >= 15 is 0 Å². The van der Waals surface area contributed by atoms with E-state index in [1.165, 1.54) is 12.1 Å². The van der Waals surface area contributed by atoms with Gasteiger partial charge in [-0.15, -0.1) is 0 Å². The van der Waals surface area contributed by atoms with Crippen LogP contribution in [0.4, 0.5) is 13.2 Å². The maximum absolute atomic E-state index is 12.5. The summed E-state index contributed by atoms with van der Waals surface area (Å²) in [6.45, 7) is 3.67. The number of methoxy groups -OCH3 is 1. The second kappa shape index (κ2) is 10.9. The second-order valence-electron chi connectivity index (χ2n) is 5.70. The molecule has 0 heterocycles. The number of nitrogens with one attached hydrogen (secondary N) is 2. The van der Waals surface area contributed by atoms with Gasteiger partial charge in [0, 0.05) is 46.9 Å². The van der Waals surface area contributed by atoms with Crippen LogP contribution in [-0.4, -0.2) is 58.3 Å². The Labute approximate surface area is 147 Å². The number of nitrogens with zero attached hydrogens (tertiary/aromatic N) is 2. The largest absolute Gasteiger partial charge is 0.416 e. The van der Waals surface area contributed by atoms with Crippen molar-refractivity contribution >= 4 is 5.96 Å². The molecule has 0 spiro atoms. The normalized spacial score (nSPS) is 12.5. The van der Waals surface area contributed by atoms with Crippen molar-refractivity contribution in [2.75, 3.05) is 47.4 Å². The van der Waals surface area contributed by atoms with Gasteiger partial charge in [-0.25, -0.2) is 0 Å². The van der Waals surface area contributed by atoms with Crippen molar-refractivity contribution in [2.45, 2.75) is 19.1 Å². The summed E-state index contributed by atoms with van der Waals surface area (Å²) in [5.41, 5.74) is 0.114. The molecule has 0 aliphatic carbocycles. The number of alkyl halides is 3. The smallest absolute Gasteiger partial charge is 0.385 e. The Hall–Kier alpha value is -1.80. The fourth-order valence-corrected chi connectivity index (χ4v) is 2.17. The minimum Gasteiger partial charge on any atom is -0.385 e. The lowest BCUT2D eigenvalue weighted by molar-refractivity contribution is -0.137. The third-order valence-electron chi connectivity index (χ3n) is 3.64. The van der Waals surface area contributed by atoms with E-state index in [4.69, 9.17) is 4.74 Å². The zero-order valence-electron chi connectivity index (χ0n) is 15.0. The van der Waals surface area contributed by atoms with Crippen molar-refractivity contribution in [1.29, 1.82) is 0 Å². The first-order valence-corrected chi connectivity index (χ1v) is 8.15. The average Bonchev–Trinajstić information content (AvgIpc) is 2.57. The maximum atomic E-state index is 12.5. The highest BCUT2D eigenvalue weighted by Crippen LogP contribution is 2.28. The Morgan fingerprint density at radius 2 is 1.84 bits per heavy atom. The summed E-state index contributed by atoms with van der Waals surface area (Å²) in [5.74, 6) is 0.616. The molecule has 0 atom stereocenters. The summed E-state index contributed by atoms with van der Waals surface area (Å²) in [6.07, 6.45) is -3.33. The van der Waals surface area contributed by atoms with Gasteiger partial charge in [0.2, 0.25) is 0 Å². The zero-order chi connectivity index (χ0) is 18.7. The molecule has 5 nitrogen and oxygen atoms in total. The average molecular weight is 360 g/mol. The van der Waals surface area contributed by atoms with Gasteiger partial charge < -0.3 is 20.3 Å². The van der Waals surface area contributed by atoms with Crippen molar-refractivity contribution in [3.05, 3.63) is 35.4 Å². The van der Waals surface area contributed by atoms with Crippen LogP contribution in [0.3, 0.4) is 0 Å². The third-order valence-corrected chi connectivity index (χ3v) is 3.64. The van der Waals surface area contributed by atoms with Gasteiger partial charge in [0.25, 0.3) is 0 Å². The van der Waals surface area contributed by atoms with Gasteiger partial charge in [-0.1, -0.05) is 12.1 Å². The van der Waals surface area contributed by atoms with Crippen LogP contribution in [0.5, 0.6) is 0 Å². The number of hydrogen-bond donors (Lipinski definition) is 2. The second-order valence-corrected chi connectivity index (χ2v) is 5.70. The molecule has 25 heavy (non-hydrogen) atoms. The molecule has 0 bridgehead atoms. The Kier molecular flexibility index (Phi) is 9.30. The summed E-state index contributed by atoms with van der Waals surface area (Å²) < 4.78 is 42.6. The van der Waals surface area contributed by atoms with Crippen LogP contribution in [-0.2, 0) is 17.5 Å². The topological polar surface area (TPSA) is 48.9 Å². The van der Waals surface area contributed by atoms with Crippen LogP contribution in [0.25, 0.3) is 0 Å². The molecule has 8 heteroatoms. The molecule has 0 amide bonds. The molecule has 142 valence electrons. The highest BCUT2D eigenvalue weighted by atomic mass is 19.4. The predicted octanol–water partition coefficient (Wildman–Crippen LogP) is 2.34. The van der Waals surface area contributed by atoms with Crippen molar-refractivity contribution in [3.63, 3.8) is 0 Å². The van der Waals surface area contributed by atoms with Gasteiger partial charge in [0.15, 0.2) is 5.96 Å². The minimum absolute atomic E-state index is 0.404. The molecule has 1 aromatic rings. The minimum atomic E-state index is -4.31. The summed E-state index contributed by atoms with van der Waals surface area (Å²) in [7, 11) is 5.38. The third kappa shape index (κ3) is 8.74. The Balaban J connectivity index is 2.32. The van der Waals surface area contributed by atoms with Crippen LogP contribution < -0.4 is 10.6 Å².